The normalized spacial score (nSPS) is 17.9. The van der Waals surface area contributed by atoms with Gasteiger partial charge in [0.1, 0.15) is 11.2 Å². The molecule has 0 radical (unpaired) electrons. The van der Waals surface area contributed by atoms with E-state index in [1.54, 1.807) is 23.5 Å². The molecule has 2 aliphatic rings. The number of nitrogens with one attached hydrogen (secondary N) is 2. The van der Waals surface area contributed by atoms with Crippen molar-refractivity contribution in [1.82, 2.24) is 30.2 Å². The van der Waals surface area contributed by atoms with E-state index in [1.807, 2.05) is 24.1 Å². The van der Waals surface area contributed by atoms with Crippen molar-refractivity contribution in [1.29, 1.82) is 0 Å². The van der Waals surface area contributed by atoms with Crippen LogP contribution < -0.4 is 11.0 Å². The number of piperazine rings is 1. The Balaban J connectivity index is 1.15. The summed E-state index contributed by atoms with van der Waals surface area (Å²) < 4.78 is 15.1. The Hall–Kier alpha value is -2.66. The first-order valence-corrected chi connectivity index (χ1v) is 13.1. The number of carbonyl (C=O) groups is 1. The Labute approximate surface area is 207 Å². The number of aryl methyl sites for hydroxylation is 1. The van der Waals surface area contributed by atoms with E-state index < -0.39 is 5.82 Å². The summed E-state index contributed by atoms with van der Waals surface area (Å²) in [4.78, 5) is 38.1. The number of hydrazine groups is 1. The molecule has 35 heavy (non-hydrogen) atoms. The van der Waals surface area contributed by atoms with E-state index >= 15 is 4.39 Å². The van der Waals surface area contributed by atoms with Gasteiger partial charge in [-0.2, -0.15) is 0 Å². The zero-order valence-electron chi connectivity index (χ0n) is 20.0. The van der Waals surface area contributed by atoms with Crippen molar-refractivity contribution < 1.29 is 9.18 Å². The summed E-state index contributed by atoms with van der Waals surface area (Å²) in [5, 5.41) is 2.00. The number of halogens is 1. The van der Waals surface area contributed by atoms with Gasteiger partial charge in [0.05, 0.1) is 10.4 Å². The molecule has 0 bridgehead atoms. The third-order valence-corrected chi connectivity index (χ3v) is 7.85. The van der Waals surface area contributed by atoms with Crippen molar-refractivity contribution in [2.75, 3.05) is 39.3 Å². The van der Waals surface area contributed by atoms with Gasteiger partial charge < -0.3 is 4.98 Å². The van der Waals surface area contributed by atoms with Crippen LogP contribution >= 0.6 is 11.3 Å². The molecule has 1 aromatic carbocycles. The van der Waals surface area contributed by atoms with E-state index in [4.69, 9.17) is 0 Å². The molecule has 4 heterocycles. The lowest BCUT2D eigenvalue weighted by Gasteiger charge is -2.34. The lowest BCUT2D eigenvalue weighted by molar-refractivity contribution is 0.0830. The first kappa shape index (κ1) is 24.1. The molecule has 0 saturated carbocycles. The van der Waals surface area contributed by atoms with Crippen LogP contribution in [0.4, 0.5) is 4.39 Å². The highest BCUT2D eigenvalue weighted by Crippen LogP contribution is 2.22. The van der Waals surface area contributed by atoms with Gasteiger partial charge in [0.15, 0.2) is 5.82 Å². The van der Waals surface area contributed by atoms with Gasteiger partial charge in [-0.15, -0.1) is 11.3 Å². The number of thiophene rings is 1. The van der Waals surface area contributed by atoms with Crippen molar-refractivity contribution >= 4 is 28.3 Å². The average Bonchev–Trinajstić information content (AvgIpc) is 3.54. The molecule has 10 heteroatoms. The van der Waals surface area contributed by atoms with Gasteiger partial charge in [-0.05, 0) is 37.5 Å². The lowest BCUT2D eigenvalue weighted by atomic mass is 10.1. The predicted octanol–water partition coefficient (Wildman–Crippen LogP) is 2.74. The molecule has 2 saturated heterocycles. The zero-order chi connectivity index (χ0) is 24.4. The van der Waals surface area contributed by atoms with Crippen LogP contribution in [0.1, 0.15) is 45.6 Å². The molecule has 8 nitrogen and oxygen atoms in total. The van der Waals surface area contributed by atoms with E-state index in [0.717, 1.165) is 63.5 Å². The summed E-state index contributed by atoms with van der Waals surface area (Å²) in [6.07, 6.45) is 2.77. The maximum Gasteiger partial charge on any atom is 0.275 e. The van der Waals surface area contributed by atoms with Crippen LogP contribution in [0.3, 0.4) is 0 Å². The number of H-pyrrole nitrogens is 1. The van der Waals surface area contributed by atoms with Crippen LogP contribution in [0.5, 0.6) is 0 Å². The number of hydrogen-bond donors (Lipinski definition) is 2. The first-order valence-electron chi connectivity index (χ1n) is 12.3. The maximum absolute atomic E-state index is 15.1. The molecule has 2 aromatic heterocycles. The number of benzene rings is 1. The number of rotatable bonds is 7. The van der Waals surface area contributed by atoms with Crippen LogP contribution in [-0.4, -0.2) is 70.0 Å². The van der Waals surface area contributed by atoms with Crippen LogP contribution in [-0.2, 0) is 19.5 Å². The van der Waals surface area contributed by atoms with Crippen molar-refractivity contribution in [3.8, 4) is 0 Å². The van der Waals surface area contributed by atoms with Gasteiger partial charge in [-0.1, -0.05) is 13.0 Å². The fourth-order valence-electron chi connectivity index (χ4n) is 4.74. The quantitative estimate of drug-likeness (QED) is 0.521. The molecule has 0 atom stereocenters. The number of nitrogens with zero attached hydrogens (tertiary/aromatic N) is 4. The highest BCUT2D eigenvalue weighted by molar-refractivity contribution is 7.14. The van der Waals surface area contributed by atoms with Crippen LogP contribution in [0.2, 0.25) is 0 Å². The smallest absolute Gasteiger partial charge is 0.275 e. The van der Waals surface area contributed by atoms with Crippen LogP contribution in [0.15, 0.2) is 29.1 Å². The van der Waals surface area contributed by atoms with Gasteiger partial charge in [-0.25, -0.2) is 14.4 Å². The van der Waals surface area contributed by atoms with Crippen molar-refractivity contribution in [2.24, 2.45) is 0 Å². The van der Waals surface area contributed by atoms with Gasteiger partial charge in [-0.3, -0.25) is 24.8 Å². The SMILES string of the molecule is CCc1nc2ccc(CN3CCN(Cc4ccc(C(=O)NN5CCCC5)s4)CC3)c(F)c2[nH]c1=O. The summed E-state index contributed by atoms with van der Waals surface area (Å²) in [7, 11) is 0. The van der Waals surface area contributed by atoms with Crippen molar-refractivity contribution in [2.45, 2.75) is 39.3 Å². The van der Waals surface area contributed by atoms with Crippen LogP contribution in [0.25, 0.3) is 11.0 Å². The van der Waals surface area contributed by atoms with Gasteiger partial charge in [0, 0.05) is 62.8 Å². The number of fused-ring (bicyclic) bond motifs is 1. The molecular weight excluding hydrogens is 467 g/mol. The minimum atomic E-state index is -0.393. The van der Waals surface area contributed by atoms with E-state index in [1.165, 1.54) is 4.88 Å². The van der Waals surface area contributed by atoms with Gasteiger partial charge in [0.25, 0.3) is 11.5 Å². The number of carbonyl (C=O) groups excluding carboxylic acids is 1. The van der Waals surface area contributed by atoms with Crippen molar-refractivity contribution in [3.63, 3.8) is 0 Å². The highest BCUT2D eigenvalue weighted by atomic mass is 32.1. The molecule has 2 fully saturated rings. The number of hydrogen-bond acceptors (Lipinski definition) is 7. The topological polar surface area (TPSA) is 84.6 Å². The van der Waals surface area contributed by atoms with Gasteiger partial charge >= 0.3 is 0 Å². The Bertz CT molecular complexity index is 1260. The molecular formula is C25H31FN6O2S. The average molecular weight is 499 g/mol. The molecule has 0 spiro atoms. The summed E-state index contributed by atoms with van der Waals surface area (Å²) in [5.41, 5.74) is 4.33. The Morgan fingerprint density at radius 2 is 1.77 bits per heavy atom. The summed E-state index contributed by atoms with van der Waals surface area (Å²) in [6.45, 7) is 8.42. The van der Waals surface area contributed by atoms with E-state index in [-0.39, 0.29) is 17.0 Å². The van der Waals surface area contributed by atoms with E-state index in [9.17, 15) is 9.59 Å². The van der Waals surface area contributed by atoms with E-state index in [2.05, 4.69) is 25.2 Å². The highest BCUT2D eigenvalue weighted by Gasteiger charge is 2.21. The second-order valence-electron chi connectivity index (χ2n) is 9.25. The monoisotopic (exact) mass is 498 g/mol. The molecule has 0 unspecified atom stereocenters. The summed E-state index contributed by atoms with van der Waals surface area (Å²) >= 11 is 1.55. The molecule has 186 valence electrons. The fraction of sp³-hybridized carbons (Fsp3) is 0.480. The second-order valence-corrected chi connectivity index (χ2v) is 10.4. The Morgan fingerprint density at radius 3 is 2.49 bits per heavy atom. The molecule has 5 rings (SSSR count). The third kappa shape index (κ3) is 5.45. The number of aromatic amines is 1. The maximum atomic E-state index is 15.1. The second kappa shape index (κ2) is 10.5. The Kier molecular flexibility index (Phi) is 7.24. The fourth-order valence-corrected chi connectivity index (χ4v) is 5.68. The number of amides is 1. The minimum Gasteiger partial charge on any atom is -0.317 e. The van der Waals surface area contributed by atoms with Crippen molar-refractivity contribution in [3.05, 3.63) is 61.4 Å². The van der Waals surface area contributed by atoms with Gasteiger partial charge in [0.2, 0.25) is 0 Å². The largest absolute Gasteiger partial charge is 0.317 e. The Morgan fingerprint density at radius 1 is 1.06 bits per heavy atom. The molecule has 2 N–H and O–H groups in total. The summed E-state index contributed by atoms with van der Waals surface area (Å²) in [6, 6.07) is 7.51. The van der Waals surface area contributed by atoms with E-state index in [0.29, 0.717) is 29.7 Å². The minimum absolute atomic E-state index is 0.0205. The zero-order valence-corrected chi connectivity index (χ0v) is 20.8. The first-order chi connectivity index (χ1) is 17.0. The standard InChI is InChI=1S/C25H31FN6O2S/c1-2-19-24(33)28-23-20(27-19)7-5-17(22(23)26)15-30-11-13-31(14-12-30)16-18-6-8-21(35-18)25(34)29-32-9-3-4-10-32/h5-8H,2-4,9-16H2,1H3,(H,28,33)(H,29,34). The number of aromatic nitrogens is 2. The third-order valence-electron chi connectivity index (χ3n) is 6.78. The molecule has 3 aromatic rings. The molecule has 0 aliphatic carbocycles. The molecule has 1 amide bonds. The molecule has 2 aliphatic heterocycles. The lowest BCUT2D eigenvalue weighted by Crippen LogP contribution is -2.45. The summed E-state index contributed by atoms with van der Waals surface area (Å²) in [5.74, 6) is -0.414. The van der Waals surface area contributed by atoms with Crippen LogP contribution in [0, 0.1) is 5.82 Å². The predicted molar refractivity (Wildman–Crippen MR) is 135 cm³/mol.